The minimum absolute atomic E-state index is 0.0523. The zero-order valence-corrected chi connectivity index (χ0v) is 13.5. The van der Waals surface area contributed by atoms with Crippen LogP contribution in [-0.2, 0) is 9.53 Å². The maximum absolute atomic E-state index is 12.5. The van der Waals surface area contributed by atoms with Crippen LogP contribution in [0.25, 0.3) is 0 Å². The zero-order valence-electron chi connectivity index (χ0n) is 12.0. The summed E-state index contributed by atoms with van der Waals surface area (Å²) < 4.78 is 5.61. The van der Waals surface area contributed by atoms with Crippen LogP contribution in [0.1, 0.15) is 38.2 Å². The normalized spacial score (nSPS) is 23.8. The quantitative estimate of drug-likeness (QED) is 0.704. The summed E-state index contributed by atoms with van der Waals surface area (Å²) in [6, 6.07) is 5.49. The summed E-state index contributed by atoms with van der Waals surface area (Å²) in [5.74, 6) is 0.837. The molecule has 3 rings (SSSR count). The number of rotatable bonds is 1. The average Bonchev–Trinajstić information content (AvgIpc) is 2.39. The molecule has 0 amide bonds. The first-order chi connectivity index (χ1) is 9.87. The van der Waals surface area contributed by atoms with Crippen LogP contribution in [-0.4, -0.2) is 5.78 Å². The van der Waals surface area contributed by atoms with Crippen molar-refractivity contribution in [2.45, 2.75) is 32.6 Å². The van der Waals surface area contributed by atoms with Crippen molar-refractivity contribution in [2.24, 2.45) is 5.41 Å². The molecule has 21 heavy (non-hydrogen) atoms. The van der Waals surface area contributed by atoms with E-state index in [0.29, 0.717) is 16.5 Å². The van der Waals surface area contributed by atoms with Crippen LogP contribution >= 0.6 is 23.2 Å². The fraction of sp³-hybridized carbons (Fsp3) is 0.353. The second-order valence-corrected chi connectivity index (χ2v) is 7.19. The summed E-state index contributed by atoms with van der Waals surface area (Å²) >= 11 is 12.1. The van der Waals surface area contributed by atoms with Gasteiger partial charge in [-0.1, -0.05) is 43.1 Å². The highest BCUT2D eigenvalue weighted by molar-refractivity contribution is 6.42. The molecule has 2 nitrogen and oxygen atoms in total. The summed E-state index contributed by atoms with van der Waals surface area (Å²) in [4.78, 5) is 12.5. The number of halogens is 2. The Labute approximate surface area is 134 Å². The van der Waals surface area contributed by atoms with Crippen LogP contribution in [0.15, 0.2) is 41.9 Å². The highest BCUT2D eigenvalue weighted by Crippen LogP contribution is 2.45. The molecule has 0 radical (unpaired) electrons. The van der Waals surface area contributed by atoms with Crippen LogP contribution in [0, 0.1) is 5.41 Å². The smallest absolute Gasteiger partial charge is 0.163 e. The van der Waals surface area contributed by atoms with Crippen molar-refractivity contribution in [2.75, 3.05) is 0 Å². The second kappa shape index (κ2) is 5.19. The van der Waals surface area contributed by atoms with Gasteiger partial charge in [-0.3, -0.25) is 4.79 Å². The Hall–Kier alpha value is -1.25. The van der Waals surface area contributed by atoms with Crippen molar-refractivity contribution in [3.05, 3.63) is 57.5 Å². The van der Waals surface area contributed by atoms with Gasteiger partial charge in [-0.05, 0) is 29.2 Å². The van der Waals surface area contributed by atoms with Crippen molar-refractivity contribution in [1.82, 2.24) is 0 Å². The molecule has 1 aromatic carbocycles. The lowest BCUT2D eigenvalue weighted by Crippen LogP contribution is -2.29. The highest BCUT2D eigenvalue weighted by Gasteiger charge is 2.38. The van der Waals surface area contributed by atoms with E-state index in [9.17, 15) is 4.79 Å². The fourth-order valence-electron chi connectivity index (χ4n) is 3.01. The summed E-state index contributed by atoms with van der Waals surface area (Å²) in [6.45, 7) is 4.18. The van der Waals surface area contributed by atoms with E-state index in [4.69, 9.17) is 27.9 Å². The van der Waals surface area contributed by atoms with Gasteiger partial charge in [-0.25, -0.2) is 0 Å². The molecule has 0 N–H and O–H groups in total. The number of allylic oxidation sites excluding steroid dienone is 3. The van der Waals surface area contributed by atoms with E-state index in [0.717, 1.165) is 23.3 Å². The molecule has 1 aliphatic heterocycles. The number of carbonyl (C=O) groups excluding carboxylic acids is 1. The van der Waals surface area contributed by atoms with Crippen molar-refractivity contribution < 1.29 is 9.53 Å². The van der Waals surface area contributed by atoms with Crippen molar-refractivity contribution in [3.8, 4) is 0 Å². The van der Waals surface area contributed by atoms with E-state index in [1.165, 1.54) is 0 Å². The summed E-state index contributed by atoms with van der Waals surface area (Å²) in [6.07, 6.45) is 4.88. The third-order valence-electron chi connectivity index (χ3n) is 3.97. The lowest BCUT2D eigenvalue weighted by molar-refractivity contribution is -0.118. The Kier molecular flexibility index (Phi) is 3.62. The fourth-order valence-corrected chi connectivity index (χ4v) is 3.32. The van der Waals surface area contributed by atoms with E-state index < -0.39 is 0 Å². The van der Waals surface area contributed by atoms with Crippen molar-refractivity contribution in [3.63, 3.8) is 0 Å². The van der Waals surface area contributed by atoms with E-state index in [1.807, 2.05) is 18.2 Å². The van der Waals surface area contributed by atoms with Crippen LogP contribution < -0.4 is 0 Å². The molecule has 0 saturated heterocycles. The maximum Gasteiger partial charge on any atom is 0.163 e. The summed E-state index contributed by atoms with van der Waals surface area (Å²) in [5, 5.41) is 1.02. The monoisotopic (exact) mass is 322 g/mol. The molecule has 1 unspecified atom stereocenters. The number of hydrogen-bond donors (Lipinski definition) is 0. The molecular weight excluding hydrogens is 307 g/mol. The number of carbonyl (C=O) groups is 1. The topological polar surface area (TPSA) is 26.3 Å². The molecule has 0 aromatic heterocycles. The van der Waals surface area contributed by atoms with Gasteiger partial charge < -0.3 is 4.74 Å². The first-order valence-corrected chi connectivity index (χ1v) is 7.67. The Balaban J connectivity index is 2.05. The molecule has 0 bridgehead atoms. The lowest BCUT2D eigenvalue weighted by atomic mass is 9.72. The molecule has 0 saturated carbocycles. The van der Waals surface area contributed by atoms with Crippen LogP contribution in [0.2, 0.25) is 10.0 Å². The lowest BCUT2D eigenvalue weighted by Gasteiger charge is -2.35. The Morgan fingerprint density at radius 2 is 1.95 bits per heavy atom. The zero-order chi connectivity index (χ0) is 15.2. The molecule has 0 fully saturated rings. The van der Waals surface area contributed by atoms with E-state index in [-0.39, 0.29) is 17.1 Å². The summed E-state index contributed by atoms with van der Waals surface area (Å²) in [5.41, 5.74) is 1.67. The molecule has 1 aliphatic carbocycles. The van der Waals surface area contributed by atoms with Gasteiger partial charge >= 0.3 is 0 Å². The number of benzene rings is 1. The van der Waals surface area contributed by atoms with Gasteiger partial charge in [-0.15, -0.1) is 0 Å². The molecule has 2 aliphatic rings. The van der Waals surface area contributed by atoms with Crippen LogP contribution in [0.3, 0.4) is 0 Å². The Morgan fingerprint density at radius 1 is 1.19 bits per heavy atom. The minimum Gasteiger partial charge on any atom is -0.469 e. The van der Waals surface area contributed by atoms with E-state index in [1.54, 1.807) is 12.3 Å². The number of ketones is 1. The minimum atomic E-state index is -0.105. The van der Waals surface area contributed by atoms with Gasteiger partial charge in [0, 0.05) is 24.3 Å². The largest absolute Gasteiger partial charge is 0.469 e. The first kappa shape index (κ1) is 14.7. The molecule has 110 valence electrons. The predicted octanol–water partition coefficient (Wildman–Crippen LogP) is 5.26. The van der Waals surface area contributed by atoms with Crippen molar-refractivity contribution >= 4 is 29.0 Å². The van der Waals surface area contributed by atoms with Gasteiger partial charge in [0.25, 0.3) is 0 Å². The number of Topliss-reactive ketones (excluding diaryl/α,β-unsaturated/α-hetero) is 1. The van der Waals surface area contributed by atoms with E-state index >= 15 is 0 Å². The third kappa shape index (κ3) is 2.75. The van der Waals surface area contributed by atoms with Crippen LogP contribution in [0.4, 0.5) is 0 Å². The second-order valence-electron chi connectivity index (χ2n) is 6.38. The van der Waals surface area contributed by atoms with Gasteiger partial charge in [0.05, 0.1) is 16.3 Å². The molecular formula is C17H16Cl2O2. The van der Waals surface area contributed by atoms with E-state index in [2.05, 4.69) is 13.8 Å². The highest BCUT2D eigenvalue weighted by atomic mass is 35.5. The van der Waals surface area contributed by atoms with Gasteiger partial charge in [0.2, 0.25) is 0 Å². The Morgan fingerprint density at radius 3 is 2.67 bits per heavy atom. The molecule has 1 atom stereocenters. The van der Waals surface area contributed by atoms with Gasteiger partial charge in [0.15, 0.2) is 5.78 Å². The van der Waals surface area contributed by atoms with Crippen LogP contribution in [0.5, 0.6) is 0 Å². The molecule has 1 heterocycles. The third-order valence-corrected chi connectivity index (χ3v) is 4.71. The van der Waals surface area contributed by atoms with Gasteiger partial charge in [-0.2, -0.15) is 0 Å². The van der Waals surface area contributed by atoms with Crippen molar-refractivity contribution in [1.29, 1.82) is 0 Å². The number of hydrogen-bond acceptors (Lipinski definition) is 2. The maximum atomic E-state index is 12.5. The Bertz CT molecular complexity index is 671. The molecule has 1 aromatic rings. The SMILES string of the molecule is CC1(C)CC(=O)C2=C(C1)OC=CC2c1ccc(Cl)c(Cl)c1. The first-order valence-electron chi connectivity index (χ1n) is 6.92. The summed E-state index contributed by atoms with van der Waals surface area (Å²) in [7, 11) is 0. The number of ether oxygens (including phenoxy) is 1. The standard InChI is InChI=1S/C17H16Cl2O2/c1-17(2)8-14(20)16-11(5-6-21-15(16)9-17)10-3-4-12(18)13(19)7-10/h3-7,11H,8-9H2,1-2H3. The molecule has 0 spiro atoms. The predicted molar refractivity (Wildman–Crippen MR) is 84.5 cm³/mol. The average molecular weight is 323 g/mol. The molecule has 4 heteroatoms. The van der Waals surface area contributed by atoms with Gasteiger partial charge in [0.1, 0.15) is 5.76 Å².